The largest absolute Gasteiger partial charge is 0.489 e. The molecule has 5 nitrogen and oxygen atoms in total. The Morgan fingerprint density at radius 1 is 1.02 bits per heavy atom. The van der Waals surface area contributed by atoms with E-state index in [-0.39, 0.29) is 35.4 Å². The zero-order valence-corrected chi connectivity index (χ0v) is 26.6. The molecule has 1 saturated carbocycles. The number of hydrogen-bond donors (Lipinski definition) is 2. The summed E-state index contributed by atoms with van der Waals surface area (Å²) in [7, 11) is 0. The van der Waals surface area contributed by atoms with Gasteiger partial charge < -0.3 is 20.3 Å². The Kier molecular flexibility index (Phi) is 9.23. The lowest BCUT2D eigenvalue weighted by Gasteiger charge is -2.47. The summed E-state index contributed by atoms with van der Waals surface area (Å²) < 4.78 is 33.2. The minimum Gasteiger partial charge on any atom is -0.489 e. The van der Waals surface area contributed by atoms with Gasteiger partial charge in [-0.2, -0.15) is 0 Å². The van der Waals surface area contributed by atoms with Gasteiger partial charge in [0.05, 0.1) is 22.2 Å². The molecule has 44 heavy (non-hydrogen) atoms. The summed E-state index contributed by atoms with van der Waals surface area (Å²) in [6.07, 6.45) is 3.94. The van der Waals surface area contributed by atoms with Crippen LogP contribution in [-0.4, -0.2) is 48.1 Å². The molecular weight excluding hydrogens is 627 g/mol. The number of piperazine rings is 1. The van der Waals surface area contributed by atoms with Gasteiger partial charge in [0.1, 0.15) is 10.8 Å². The van der Waals surface area contributed by atoms with Gasteiger partial charge in [0.15, 0.2) is 11.6 Å². The summed E-state index contributed by atoms with van der Waals surface area (Å²) in [6.45, 7) is 4.19. The second kappa shape index (κ2) is 13.0. The van der Waals surface area contributed by atoms with Gasteiger partial charge in [-0.25, -0.2) is 8.78 Å². The number of amides is 1. The first-order chi connectivity index (χ1) is 21.1. The van der Waals surface area contributed by atoms with Crippen molar-refractivity contribution in [3.8, 4) is 5.75 Å². The fourth-order valence-corrected chi connectivity index (χ4v) is 6.94. The van der Waals surface area contributed by atoms with E-state index in [1.807, 2.05) is 17.0 Å². The van der Waals surface area contributed by atoms with Crippen molar-refractivity contribution in [2.24, 2.45) is 0 Å². The van der Waals surface area contributed by atoms with Crippen LogP contribution in [0.2, 0.25) is 15.1 Å². The van der Waals surface area contributed by atoms with Gasteiger partial charge in [-0.05, 0) is 79.5 Å². The molecule has 1 aliphatic carbocycles. The molecule has 3 aromatic carbocycles. The van der Waals surface area contributed by atoms with Gasteiger partial charge in [0, 0.05) is 37.3 Å². The molecule has 3 aliphatic rings. The Bertz CT molecular complexity index is 1600. The number of hydrogen-bond acceptors (Lipinski definition) is 4. The second-order valence-electron chi connectivity index (χ2n) is 12.1. The van der Waals surface area contributed by atoms with E-state index in [0.29, 0.717) is 36.0 Å². The Hall–Kier alpha value is -2.68. The van der Waals surface area contributed by atoms with Crippen molar-refractivity contribution >= 4 is 46.3 Å². The van der Waals surface area contributed by atoms with Crippen LogP contribution in [0, 0.1) is 11.6 Å². The predicted octanol–water partition coefficient (Wildman–Crippen LogP) is 7.61. The van der Waals surface area contributed by atoms with Crippen LogP contribution in [0.1, 0.15) is 49.3 Å². The molecule has 0 aromatic heterocycles. The van der Waals surface area contributed by atoms with Gasteiger partial charge in [0.2, 0.25) is 0 Å². The van der Waals surface area contributed by atoms with E-state index in [9.17, 15) is 13.6 Å². The molecule has 10 heteroatoms. The number of nitrogens with one attached hydrogen (secondary N) is 2. The molecule has 2 N–H and O–H groups in total. The summed E-state index contributed by atoms with van der Waals surface area (Å²) >= 11 is 18.7. The highest BCUT2D eigenvalue weighted by atomic mass is 35.5. The highest BCUT2D eigenvalue weighted by Crippen LogP contribution is 2.41. The van der Waals surface area contributed by atoms with Crippen molar-refractivity contribution in [3.63, 3.8) is 0 Å². The average Bonchev–Trinajstić information content (AvgIpc) is 3.84. The van der Waals surface area contributed by atoms with Gasteiger partial charge in [-0.1, -0.05) is 71.2 Å². The lowest BCUT2D eigenvalue weighted by molar-refractivity contribution is -0.129. The molecule has 2 heterocycles. The highest BCUT2D eigenvalue weighted by molar-refractivity contribution is 6.42. The molecule has 1 amide bonds. The van der Waals surface area contributed by atoms with Crippen LogP contribution in [0.25, 0.3) is 5.57 Å². The zero-order chi connectivity index (χ0) is 31.0. The van der Waals surface area contributed by atoms with Gasteiger partial charge in [-0.15, -0.1) is 0 Å². The van der Waals surface area contributed by atoms with Crippen LogP contribution in [0.5, 0.6) is 5.75 Å². The molecule has 1 saturated heterocycles. The number of carbonyl (C=O) groups excluding carboxylic acids is 1. The minimum atomic E-state index is -0.717. The molecule has 2 atom stereocenters. The van der Waals surface area contributed by atoms with E-state index in [1.165, 1.54) is 0 Å². The maximum Gasteiger partial charge on any atom is 0.252 e. The first-order valence-corrected chi connectivity index (χ1v) is 16.1. The van der Waals surface area contributed by atoms with Crippen LogP contribution in [0.15, 0.2) is 60.2 Å². The number of aryl methyl sites for hydroxylation is 1. The smallest absolute Gasteiger partial charge is 0.252 e. The highest BCUT2D eigenvalue weighted by Gasteiger charge is 2.47. The van der Waals surface area contributed by atoms with E-state index >= 15 is 0 Å². The summed E-state index contributed by atoms with van der Waals surface area (Å²) in [5.41, 5.74) is 4.28. The first kappa shape index (κ1) is 31.3. The van der Waals surface area contributed by atoms with Crippen molar-refractivity contribution in [2.45, 2.75) is 63.2 Å². The predicted molar refractivity (Wildman–Crippen MR) is 171 cm³/mol. The van der Waals surface area contributed by atoms with Gasteiger partial charge in [0.25, 0.3) is 5.91 Å². The number of ether oxygens (including phenoxy) is 1. The number of fused-ring (bicyclic) bond motifs is 2. The summed E-state index contributed by atoms with van der Waals surface area (Å²) in [5.74, 6) is -1.64. The van der Waals surface area contributed by atoms with Gasteiger partial charge >= 0.3 is 0 Å². The first-order valence-electron chi connectivity index (χ1n) is 15.0. The van der Waals surface area contributed by atoms with Crippen molar-refractivity contribution in [1.82, 2.24) is 15.5 Å². The molecule has 3 aromatic rings. The third kappa shape index (κ3) is 6.49. The topological polar surface area (TPSA) is 53.6 Å². The van der Waals surface area contributed by atoms with E-state index in [1.54, 1.807) is 6.07 Å². The van der Waals surface area contributed by atoms with Crippen LogP contribution in [0.4, 0.5) is 8.78 Å². The number of rotatable bonds is 10. The molecule has 2 fully saturated rings. The summed E-state index contributed by atoms with van der Waals surface area (Å²) in [4.78, 5) is 16.5. The van der Waals surface area contributed by atoms with E-state index in [4.69, 9.17) is 39.5 Å². The maximum absolute atomic E-state index is 14.5. The summed E-state index contributed by atoms with van der Waals surface area (Å²) in [5, 5.41) is 7.88. The number of nitrogens with zero attached hydrogens (tertiary/aromatic N) is 1. The Balaban J connectivity index is 1.23. The quantitative estimate of drug-likeness (QED) is 0.174. The third-order valence-corrected chi connectivity index (χ3v) is 9.90. The van der Waals surface area contributed by atoms with Crippen LogP contribution in [-0.2, 0) is 17.8 Å². The Morgan fingerprint density at radius 2 is 1.77 bits per heavy atom. The van der Waals surface area contributed by atoms with Crippen molar-refractivity contribution in [1.29, 1.82) is 0 Å². The maximum atomic E-state index is 14.5. The summed E-state index contributed by atoms with van der Waals surface area (Å²) in [6, 6.07) is 16.2. The van der Waals surface area contributed by atoms with Crippen LogP contribution < -0.4 is 15.4 Å². The minimum absolute atomic E-state index is 0.0279. The lowest BCUT2D eigenvalue weighted by atomic mass is 9.75. The fourth-order valence-electron chi connectivity index (χ4n) is 6.36. The zero-order valence-electron chi connectivity index (χ0n) is 24.4. The molecule has 2 aliphatic heterocycles. The van der Waals surface area contributed by atoms with Crippen molar-refractivity contribution in [2.75, 3.05) is 19.7 Å². The van der Waals surface area contributed by atoms with Crippen LogP contribution in [0.3, 0.4) is 0 Å². The van der Waals surface area contributed by atoms with Crippen molar-refractivity contribution in [3.05, 3.63) is 104 Å². The lowest BCUT2D eigenvalue weighted by Crippen LogP contribution is -2.67. The van der Waals surface area contributed by atoms with E-state index < -0.39 is 17.2 Å². The third-order valence-electron chi connectivity index (χ3n) is 8.69. The SMILES string of the molecule is C[C@@]12CNC[C@@H](CC(c3ccc(CCCOc4c(F)ccc(F)c4Cl)cc3)=C1C(=O)N(Cc1cccc(Cl)c1Cl)C1CC1)N2. The van der Waals surface area contributed by atoms with E-state index in [2.05, 4.69) is 41.8 Å². The standard InChI is InChI=1S/C34H34Cl3F2N3O2/c1-34-19-40-17-23(41-34)16-25(29(34)33(43)42(24-11-12-24)18-22-5-2-6-26(35)30(22)36)21-9-7-20(8-10-21)4-3-15-44-32-28(39)14-13-27(38)31(32)37/h2,5-10,13-14,23-24,40-41H,3-4,11-12,15-19H2,1H3/t23-,34-/m1/s1. The number of halogens is 5. The number of benzene rings is 3. The molecule has 0 unspecified atom stereocenters. The van der Waals surface area contributed by atoms with E-state index in [0.717, 1.165) is 65.8 Å². The average molecular weight is 661 g/mol. The normalized spacial score (nSPS) is 21.4. The Labute approximate surface area is 271 Å². The number of carbonyl (C=O) groups is 1. The monoisotopic (exact) mass is 659 g/mol. The molecule has 2 bridgehead atoms. The molecule has 6 rings (SSSR count). The van der Waals surface area contributed by atoms with Gasteiger partial charge in [-0.3, -0.25) is 4.79 Å². The molecular formula is C34H34Cl3F2N3O2. The second-order valence-corrected chi connectivity index (χ2v) is 13.2. The molecule has 0 spiro atoms. The van der Waals surface area contributed by atoms with Crippen molar-refractivity contribution < 1.29 is 18.3 Å². The molecule has 0 radical (unpaired) electrons. The Morgan fingerprint density at radius 3 is 2.52 bits per heavy atom. The molecule has 232 valence electrons. The fraction of sp³-hybridized carbons (Fsp3) is 0.382. The van der Waals surface area contributed by atoms with Crippen LogP contribution >= 0.6 is 34.8 Å².